The Kier molecular flexibility index (Phi) is 3.80. The van der Waals surface area contributed by atoms with Crippen molar-refractivity contribution in [2.24, 2.45) is 0 Å². The molecule has 2 heterocycles. The number of nitrogens with zero attached hydrogens (tertiary/aromatic N) is 3. The topological polar surface area (TPSA) is 41.0 Å². The van der Waals surface area contributed by atoms with Crippen molar-refractivity contribution in [2.45, 2.75) is 51.0 Å². The Balaban J connectivity index is 1.62. The maximum Gasteiger partial charge on any atom is 0.205 e. The molecule has 1 N–H and O–H groups in total. The normalized spacial score (nSPS) is 24.2. The number of rotatable bonds is 5. The van der Waals surface area contributed by atoms with Crippen LogP contribution in [-0.2, 0) is 0 Å². The van der Waals surface area contributed by atoms with E-state index in [-0.39, 0.29) is 0 Å². The second-order valence-corrected chi connectivity index (χ2v) is 6.13. The van der Waals surface area contributed by atoms with Crippen molar-refractivity contribution in [3.05, 3.63) is 5.82 Å². The lowest BCUT2D eigenvalue weighted by molar-refractivity contribution is 0.400. The van der Waals surface area contributed by atoms with E-state index in [0.717, 1.165) is 24.0 Å². The fraction of sp³-hybridized carbons (Fsp3) is 0.846. The smallest absolute Gasteiger partial charge is 0.205 e. The first-order valence-corrected chi connectivity index (χ1v) is 7.96. The average molecular weight is 266 g/mol. The van der Waals surface area contributed by atoms with E-state index in [1.54, 1.807) is 11.5 Å². The van der Waals surface area contributed by atoms with E-state index in [0.29, 0.717) is 12.0 Å². The summed E-state index contributed by atoms with van der Waals surface area (Å²) in [6, 6.07) is 0.631. The molecule has 0 aromatic carbocycles. The molecule has 1 aromatic heterocycles. The van der Waals surface area contributed by atoms with Gasteiger partial charge in [0.25, 0.3) is 0 Å². The molecule has 1 saturated carbocycles. The second-order valence-electron chi connectivity index (χ2n) is 5.39. The number of hydrogen-bond acceptors (Lipinski definition) is 5. The minimum Gasteiger partial charge on any atom is -0.346 e. The van der Waals surface area contributed by atoms with Crippen molar-refractivity contribution >= 4 is 16.7 Å². The van der Waals surface area contributed by atoms with Crippen molar-refractivity contribution < 1.29 is 0 Å². The Morgan fingerprint density at radius 2 is 2.22 bits per heavy atom. The van der Waals surface area contributed by atoms with Crippen LogP contribution in [0.1, 0.15) is 50.8 Å². The zero-order valence-electron chi connectivity index (χ0n) is 11.1. The van der Waals surface area contributed by atoms with Crippen LogP contribution in [-0.4, -0.2) is 35.0 Å². The van der Waals surface area contributed by atoms with Crippen LogP contribution in [0.4, 0.5) is 5.13 Å². The highest BCUT2D eigenvalue weighted by Crippen LogP contribution is 2.39. The Bertz CT molecular complexity index is 382. The van der Waals surface area contributed by atoms with Gasteiger partial charge in [-0.15, -0.1) is 0 Å². The van der Waals surface area contributed by atoms with Gasteiger partial charge >= 0.3 is 0 Å². The lowest BCUT2D eigenvalue weighted by Gasteiger charge is -2.29. The van der Waals surface area contributed by atoms with Crippen molar-refractivity contribution in [3.63, 3.8) is 0 Å². The van der Waals surface area contributed by atoms with Gasteiger partial charge in [0.2, 0.25) is 5.13 Å². The SMILES string of the molecule is CCN(CC1CCCCN1)c1nc(C2CC2)ns1. The zero-order valence-corrected chi connectivity index (χ0v) is 11.9. The molecular formula is C13H22N4S. The molecule has 5 heteroatoms. The van der Waals surface area contributed by atoms with Crippen LogP contribution in [0.5, 0.6) is 0 Å². The summed E-state index contributed by atoms with van der Waals surface area (Å²) >= 11 is 1.58. The summed E-state index contributed by atoms with van der Waals surface area (Å²) in [4.78, 5) is 7.10. The van der Waals surface area contributed by atoms with E-state index in [4.69, 9.17) is 4.98 Å². The Hall–Kier alpha value is -0.680. The van der Waals surface area contributed by atoms with Crippen molar-refractivity contribution in [3.8, 4) is 0 Å². The fourth-order valence-corrected chi connectivity index (χ4v) is 3.37. The van der Waals surface area contributed by atoms with Crippen LogP contribution in [0.15, 0.2) is 0 Å². The van der Waals surface area contributed by atoms with Crippen molar-refractivity contribution in [1.82, 2.24) is 14.7 Å². The quantitative estimate of drug-likeness (QED) is 0.888. The van der Waals surface area contributed by atoms with E-state index in [1.165, 1.54) is 38.6 Å². The Morgan fingerprint density at radius 3 is 2.89 bits per heavy atom. The molecule has 1 aliphatic carbocycles. The van der Waals surface area contributed by atoms with Gasteiger partial charge in [0.15, 0.2) is 0 Å². The third kappa shape index (κ3) is 2.83. The van der Waals surface area contributed by atoms with Crippen LogP contribution in [0, 0.1) is 0 Å². The summed E-state index contributed by atoms with van der Waals surface area (Å²) in [5.41, 5.74) is 0. The van der Waals surface area contributed by atoms with Crippen LogP contribution >= 0.6 is 11.5 Å². The van der Waals surface area contributed by atoms with E-state index in [9.17, 15) is 0 Å². The Morgan fingerprint density at radius 1 is 1.33 bits per heavy atom. The van der Waals surface area contributed by atoms with Crippen molar-refractivity contribution in [2.75, 3.05) is 24.5 Å². The van der Waals surface area contributed by atoms with Crippen LogP contribution in [0.25, 0.3) is 0 Å². The number of hydrogen-bond donors (Lipinski definition) is 1. The molecule has 1 atom stereocenters. The van der Waals surface area contributed by atoms with Gasteiger partial charge in [0, 0.05) is 36.6 Å². The predicted molar refractivity (Wildman–Crippen MR) is 75.4 cm³/mol. The van der Waals surface area contributed by atoms with Gasteiger partial charge in [0.05, 0.1) is 0 Å². The first-order valence-electron chi connectivity index (χ1n) is 7.18. The zero-order chi connectivity index (χ0) is 12.4. The van der Waals surface area contributed by atoms with Gasteiger partial charge in [-0.1, -0.05) is 6.42 Å². The van der Waals surface area contributed by atoms with Gasteiger partial charge < -0.3 is 10.2 Å². The summed E-state index contributed by atoms with van der Waals surface area (Å²) in [7, 11) is 0. The number of nitrogens with one attached hydrogen (secondary N) is 1. The van der Waals surface area contributed by atoms with Gasteiger partial charge in [-0.05, 0) is 39.2 Å². The van der Waals surface area contributed by atoms with Crippen molar-refractivity contribution in [1.29, 1.82) is 0 Å². The summed E-state index contributed by atoms with van der Waals surface area (Å²) in [6.45, 7) is 5.49. The highest BCUT2D eigenvalue weighted by Gasteiger charge is 2.28. The molecule has 100 valence electrons. The number of aromatic nitrogens is 2. The van der Waals surface area contributed by atoms with Gasteiger partial charge in [-0.2, -0.15) is 4.37 Å². The van der Waals surface area contributed by atoms with E-state index < -0.39 is 0 Å². The molecular weight excluding hydrogens is 244 g/mol. The number of likely N-dealkylation sites (N-methyl/N-ethyl adjacent to an activating group) is 1. The monoisotopic (exact) mass is 266 g/mol. The lowest BCUT2D eigenvalue weighted by atomic mass is 10.0. The van der Waals surface area contributed by atoms with Gasteiger partial charge in [-0.3, -0.25) is 0 Å². The molecule has 1 unspecified atom stereocenters. The van der Waals surface area contributed by atoms with Gasteiger partial charge in [0.1, 0.15) is 5.82 Å². The van der Waals surface area contributed by atoms with E-state index in [1.807, 2.05) is 0 Å². The Labute approximate surface area is 113 Å². The van der Waals surface area contributed by atoms with E-state index in [2.05, 4.69) is 21.5 Å². The molecule has 0 spiro atoms. The summed E-state index contributed by atoms with van der Waals surface area (Å²) < 4.78 is 4.51. The average Bonchev–Trinajstić information content (AvgIpc) is 3.16. The first-order chi connectivity index (χ1) is 8.86. The molecule has 1 saturated heterocycles. The summed E-state index contributed by atoms with van der Waals surface area (Å²) in [6.07, 6.45) is 6.55. The molecule has 2 aliphatic rings. The fourth-order valence-electron chi connectivity index (χ4n) is 2.55. The van der Waals surface area contributed by atoms with E-state index >= 15 is 0 Å². The van der Waals surface area contributed by atoms with Gasteiger partial charge in [-0.25, -0.2) is 4.98 Å². The molecule has 0 amide bonds. The molecule has 1 aliphatic heterocycles. The maximum atomic E-state index is 4.71. The number of anilines is 1. The highest BCUT2D eigenvalue weighted by atomic mass is 32.1. The standard InChI is InChI=1S/C13H22N4S/c1-2-17(9-11-5-3-4-8-14-11)13-15-12(16-18-13)10-6-7-10/h10-11,14H,2-9H2,1H3. The van der Waals surface area contributed by atoms with Crippen LogP contribution in [0.3, 0.4) is 0 Å². The highest BCUT2D eigenvalue weighted by molar-refractivity contribution is 7.09. The summed E-state index contributed by atoms with van der Waals surface area (Å²) in [5.74, 6) is 1.76. The maximum absolute atomic E-state index is 4.71. The molecule has 0 radical (unpaired) electrons. The first kappa shape index (κ1) is 12.4. The molecule has 3 rings (SSSR count). The van der Waals surface area contributed by atoms with Crippen LogP contribution < -0.4 is 10.2 Å². The molecule has 18 heavy (non-hydrogen) atoms. The largest absolute Gasteiger partial charge is 0.346 e. The third-order valence-electron chi connectivity index (χ3n) is 3.88. The predicted octanol–water partition coefficient (Wildman–Crippen LogP) is 2.38. The summed E-state index contributed by atoms with van der Waals surface area (Å²) in [5, 5.41) is 4.73. The third-order valence-corrected chi connectivity index (χ3v) is 4.67. The molecule has 2 fully saturated rings. The molecule has 4 nitrogen and oxygen atoms in total. The van der Waals surface area contributed by atoms with Crippen LogP contribution in [0.2, 0.25) is 0 Å². The second kappa shape index (κ2) is 5.53. The lowest BCUT2D eigenvalue weighted by Crippen LogP contribution is -2.43. The minimum absolute atomic E-state index is 0.631. The molecule has 0 bridgehead atoms. The number of piperidine rings is 1. The molecule has 1 aromatic rings. The minimum atomic E-state index is 0.631.